The van der Waals surface area contributed by atoms with Crippen LogP contribution in [0.4, 0.5) is 15.8 Å². The van der Waals surface area contributed by atoms with Crippen molar-refractivity contribution in [1.29, 1.82) is 0 Å². The molecule has 1 aliphatic heterocycles. The van der Waals surface area contributed by atoms with Crippen LogP contribution in [0.1, 0.15) is 5.56 Å². The number of hydrogen-bond donors (Lipinski definition) is 1. The highest BCUT2D eigenvalue weighted by atomic mass is 19.1. The summed E-state index contributed by atoms with van der Waals surface area (Å²) in [6, 6.07) is 13.4. The molecule has 24 heavy (non-hydrogen) atoms. The number of hydrogen-bond acceptors (Lipinski definition) is 3. The number of fused-ring (bicyclic) bond motifs is 1. The number of rotatable bonds is 4. The van der Waals surface area contributed by atoms with Crippen molar-refractivity contribution in [3.63, 3.8) is 0 Å². The molecule has 0 atom stereocenters. The van der Waals surface area contributed by atoms with E-state index in [2.05, 4.69) is 5.32 Å². The van der Waals surface area contributed by atoms with E-state index in [-0.39, 0.29) is 30.7 Å². The first-order valence-corrected chi connectivity index (χ1v) is 7.65. The fourth-order valence-corrected chi connectivity index (χ4v) is 2.73. The number of nitrogens with zero attached hydrogens (tertiary/aromatic N) is 2. The van der Waals surface area contributed by atoms with Crippen LogP contribution in [0.3, 0.4) is 0 Å². The molecule has 0 unspecified atom stereocenters. The summed E-state index contributed by atoms with van der Waals surface area (Å²) in [4.78, 5) is 27.7. The van der Waals surface area contributed by atoms with Crippen LogP contribution < -0.4 is 10.2 Å². The highest BCUT2D eigenvalue weighted by Crippen LogP contribution is 2.28. The predicted octanol–water partition coefficient (Wildman–Crippen LogP) is 2.24. The zero-order valence-corrected chi connectivity index (χ0v) is 13.3. The number of amides is 2. The van der Waals surface area contributed by atoms with Crippen LogP contribution in [0.15, 0.2) is 48.5 Å². The molecule has 1 N–H and O–H groups in total. The summed E-state index contributed by atoms with van der Waals surface area (Å²) >= 11 is 0. The highest BCUT2D eigenvalue weighted by Gasteiger charge is 2.26. The fraction of sp³-hybridized carbons (Fsp3) is 0.222. The van der Waals surface area contributed by atoms with E-state index in [9.17, 15) is 14.0 Å². The Balaban J connectivity index is 1.68. The van der Waals surface area contributed by atoms with Gasteiger partial charge in [-0.25, -0.2) is 4.39 Å². The van der Waals surface area contributed by atoms with Gasteiger partial charge in [0.05, 0.1) is 17.9 Å². The van der Waals surface area contributed by atoms with Gasteiger partial charge in [0.2, 0.25) is 11.8 Å². The van der Waals surface area contributed by atoms with E-state index in [4.69, 9.17) is 0 Å². The zero-order valence-electron chi connectivity index (χ0n) is 13.3. The number of benzene rings is 2. The van der Waals surface area contributed by atoms with Crippen molar-refractivity contribution in [3.05, 3.63) is 59.9 Å². The van der Waals surface area contributed by atoms with Crippen LogP contribution >= 0.6 is 0 Å². The van der Waals surface area contributed by atoms with Gasteiger partial charge >= 0.3 is 0 Å². The van der Waals surface area contributed by atoms with Gasteiger partial charge in [0, 0.05) is 6.54 Å². The molecule has 0 bridgehead atoms. The van der Waals surface area contributed by atoms with Gasteiger partial charge in [-0.3, -0.25) is 19.4 Å². The van der Waals surface area contributed by atoms with E-state index in [1.54, 1.807) is 18.2 Å². The van der Waals surface area contributed by atoms with Crippen molar-refractivity contribution in [2.75, 3.05) is 30.4 Å². The lowest BCUT2D eigenvalue weighted by atomic mass is 10.2. The number of carbonyl (C=O) groups is 2. The molecule has 2 aromatic carbocycles. The Morgan fingerprint density at radius 3 is 2.67 bits per heavy atom. The normalized spacial score (nSPS) is 13.6. The minimum absolute atomic E-state index is 0.0141. The molecule has 1 aliphatic rings. The van der Waals surface area contributed by atoms with E-state index in [1.807, 2.05) is 30.1 Å². The Hall–Kier alpha value is -2.73. The van der Waals surface area contributed by atoms with Gasteiger partial charge in [-0.2, -0.15) is 0 Å². The highest BCUT2D eigenvalue weighted by molar-refractivity contribution is 6.10. The number of carbonyl (C=O) groups excluding carboxylic acids is 2. The van der Waals surface area contributed by atoms with Crippen molar-refractivity contribution in [3.8, 4) is 0 Å². The first-order valence-electron chi connectivity index (χ1n) is 7.65. The summed E-state index contributed by atoms with van der Waals surface area (Å²) in [5.41, 5.74) is 2.27. The third-order valence-corrected chi connectivity index (χ3v) is 3.84. The second-order valence-electron chi connectivity index (χ2n) is 5.84. The second-order valence-corrected chi connectivity index (χ2v) is 5.84. The summed E-state index contributed by atoms with van der Waals surface area (Å²) in [6.07, 6.45) is 0. The third-order valence-electron chi connectivity index (χ3n) is 3.84. The molecule has 6 heteroatoms. The number of anilines is 2. The van der Waals surface area contributed by atoms with E-state index in [1.165, 1.54) is 17.0 Å². The topological polar surface area (TPSA) is 52.7 Å². The average Bonchev–Trinajstić information content (AvgIpc) is 2.56. The predicted molar refractivity (Wildman–Crippen MR) is 90.2 cm³/mol. The van der Waals surface area contributed by atoms with E-state index in [0.717, 1.165) is 5.56 Å². The molecule has 0 saturated heterocycles. The van der Waals surface area contributed by atoms with Crippen LogP contribution in [0.2, 0.25) is 0 Å². The molecule has 2 amide bonds. The quantitative estimate of drug-likeness (QED) is 0.937. The molecule has 0 fully saturated rings. The summed E-state index contributed by atoms with van der Waals surface area (Å²) in [7, 11) is 1.82. The molecule has 0 saturated carbocycles. The van der Waals surface area contributed by atoms with Crippen molar-refractivity contribution in [2.45, 2.75) is 6.54 Å². The van der Waals surface area contributed by atoms with Gasteiger partial charge in [0.15, 0.2) is 0 Å². The van der Waals surface area contributed by atoms with Gasteiger partial charge < -0.3 is 5.32 Å². The van der Waals surface area contributed by atoms with E-state index < -0.39 is 0 Å². The maximum Gasteiger partial charge on any atom is 0.244 e. The molecule has 0 spiro atoms. The third kappa shape index (κ3) is 3.60. The maximum absolute atomic E-state index is 12.9. The molecule has 0 aliphatic carbocycles. The number of halogens is 1. The first kappa shape index (κ1) is 16.1. The van der Waals surface area contributed by atoms with Gasteiger partial charge in [-0.15, -0.1) is 0 Å². The minimum atomic E-state index is -0.284. The lowest BCUT2D eigenvalue weighted by molar-refractivity contribution is -0.122. The number of nitrogens with one attached hydrogen (secondary N) is 1. The Kier molecular flexibility index (Phi) is 4.57. The van der Waals surface area contributed by atoms with E-state index in [0.29, 0.717) is 17.9 Å². The Morgan fingerprint density at radius 2 is 1.92 bits per heavy atom. The molecule has 0 aromatic heterocycles. The summed E-state index contributed by atoms with van der Waals surface area (Å²) < 4.78 is 12.9. The monoisotopic (exact) mass is 327 g/mol. The van der Waals surface area contributed by atoms with Crippen molar-refractivity contribution < 1.29 is 14.0 Å². The number of para-hydroxylation sites is 2. The summed E-state index contributed by atoms with van der Waals surface area (Å²) in [5.74, 6) is -0.640. The number of likely N-dealkylation sites (N-methyl/N-ethyl adjacent to an activating group) is 1. The Morgan fingerprint density at radius 1 is 1.21 bits per heavy atom. The smallest absolute Gasteiger partial charge is 0.244 e. The first-order chi connectivity index (χ1) is 11.5. The van der Waals surface area contributed by atoms with Crippen LogP contribution in [0, 0.1) is 5.82 Å². The van der Waals surface area contributed by atoms with Crippen molar-refractivity contribution in [1.82, 2.24) is 4.90 Å². The van der Waals surface area contributed by atoms with Crippen LogP contribution in [0.5, 0.6) is 0 Å². The lowest BCUT2D eigenvalue weighted by Gasteiger charge is -2.30. The van der Waals surface area contributed by atoms with Crippen molar-refractivity contribution in [2.24, 2.45) is 0 Å². The second kappa shape index (κ2) is 6.80. The van der Waals surface area contributed by atoms with Crippen molar-refractivity contribution >= 4 is 23.2 Å². The summed E-state index contributed by atoms with van der Waals surface area (Å²) in [5, 5.41) is 2.76. The Bertz CT molecular complexity index is 761. The van der Waals surface area contributed by atoms with Gasteiger partial charge in [0.1, 0.15) is 12.4 Å². The molecule has 1 heterocycles. The SMILES string of the molecule is CN(CC(=O)N1CC(=O)Nc2ccccc21)Cc1ccc(F)cc1. The van der Waals surface area contributed by atoms with Gasteiger partial charge in [-0.1, -0.05) is 24.3 Å². The van der Waals surface area contributed by atoms with Crippen LogP contribution in [0.25, 0.3) is 0 Å². The largest absolute Gasteiger partial charge is 0.323 e. The fourth-order valence-electron chi connectivity index (χ4n) is 2.73. The maximum atomic E-state index is 12.9. The summed E-state index contributed by atoms with van der Waals surface area (Å²) in [6.45, 7) is 0.701. The molecule has 5 nitrogen and oxygen atoms in total. The molecular weight excluding hydrogens is 309 g/mol. The molecule has 124 valence electrons. The Labute approximate surface area is 139 Å². The van der Waals surface area contributed by atoms with Crippen LogP contribution in [-0.4, -0.2) is 36.9 Å². The minimum Gasteiger partial charge on any atom is -0.323 e. The molecule has 3 rings (SSSR count). The zero-order chi connectivity index (χ0) is 17.1. The molecule has 0 radical (unpaired) electrons. The average molecular weight is 327 g/mol. The molecule has 2 aromatic rings. The lowest BCUT2D eigenvalue weighted by Crippen LogP contribution is -2.45. The van der Waals surface area contributed by atoms with Gasteiger partial charge in [0.25, 0.3) is 0 Å². The molecular formula is C18H18FN3O2. The van der Waals surface area contributed by atoms with E-state index >= 15 is 0 Å². The standard InChI is InChI=1S/C18H18FN3O2/c1-21(10-13-6-8-14(19)9-7-13)12-18(24)22-11-17(23)20-15-4-2-3-5-16(15)22/h2-9H,10-12H2,1H3,(H,20,23). The van der Waals surface area contributed by atoms with Crippen LogP contribution in [-0.2, 0) is 16.1 Å². The van der Waals surface area contributed by atoms with Gasteiger partial charge in [-0.05, 0) is 36.9 Å².